The molecule has 100 valence electrons. The second-order valence-electron chi connectivity index (χ2n) is 4.54. The van der Waals surface area contributed by atoms with Gasteiger partial charge in [0.1, 0.15) is 18.0 Å². The number of ketones is 1. The topological polar surface area (TPSA) is 43.6 Å². The van der Waals surface area contributed by atoms with E-state index in [1.54, 1.807) is 12.1 Å². The molecule has 4 heteroatoms. The number of pyridine rings is 1. The highest BCUT2D eigenvalue weighted by Gasteiger charge is 2.08. The SMILES string of the molecule is CC(=O)c1ccccc1OCc1cn2ccccc2n1. The van der Waals surface area contributed by atoms with Crippen molar-refractivity contribution >= 4 is 11.4 Å². The zero-order valence-electron chi connectivity index (χ0n) is 11.1. The molecule has 2 aromatic heterocycles. The summed E-state index contributed by atoms with van der Waals surface area (Å²) in [6.07, 6.45) is 3.86. The Morgan fingerprint density at radius 1 is 1.20 bits per heavy atom. The van der Waals surface area contributed by atoms with Gasteiger partial charge in [0.15, 0.2) is 5.78 Å². The average molecular weight is 266 g/mol. The molecule has 0 fully saturated rings. The molecule has 0 unspecified atom stereocenters. The monoisotopic (exact) mass is 266 g/mol. The maximum atomic E-state index is 11.5. The van der Waals surface area contributed by atoms with Gasteiger partial charge in [-0.15, -0.1) is 0 Å². The molecule has 2 heterocycles. The summed E-state index contributed by atoms with van der Waals surface area (Å²) in [4.78, 5) is 16.0. The quantitative estimate of drug-likeness (QED) is 0.681. The van der Waals surface area contributed by atoms with E-state index in [-0.39, 0.29) is 5.78 Å². The Morgan fingerprint density at radius 3 is 2.80 bits per heavy atom. The molecular formula is C16H14N2O2. The first-order chi connectivity index (χ1) is 9.74. The van der Waals surface area contributed by atoms with E-state index >= 15 is 0 Å². The van der Waals surface area contributed by atoms with Crippen LogP contribution in [0.25, 0.3) is 5.65 Å². The first kappa shape index (κ1) is 12.4. The van der Waals surface area contributed by atoms with Gasteiger partial charge >= 0.3 is 0 Å². The fraction of sp³-hybridized carbons (Fsp3) is 0.125. The van der Waals surface area contributed by atoms with Gasteiger partial charge in [-0.1, -0.05) is 18.2 Å². The van der Waals surface area contributed by atoms with E-state index in [4.69, 9.17) is 4.74 Å². The first-order valence-corrected chi connectivity index (χ1v) is 6.39. The minimum Gasteiger partial charge on any atom is -0.486 e. The lowest BCUT2D eigenvalue weighted by Crippen LogP contribution is -2.01. The smallest absolute Gasteiger partial charge is 0.163 e. The predicted molar refractivity (Wildman–Crippen MR) is 76.0 cm³/mol. The zero-order valence-corrected chi connectivity index (χ0v) is 11.1. The minimum absolute atomic E-state index is 0.00407. The van der Waals surface area contributed by atoms with Crippen molar-refractivity contribution in [3.8, 4) is 5.75 Å². The first-order valence-electron chi connectivity index (χ1n) is 6.39. The van der Waals surface area contributed by atoms with Crippen LogP contribution in [0, 0.1) is 0 Å². The number of carbonyl (C=O) groups is 1. The summed E-state index contributed by atoms with van der Waals surface area (Å²) >= 11 is 0. The molecule has 3 aromatic rings. The third-order valence-corrected chi connectivity index (χ3v) is 3.06. The maximum absolute atomic E-state index is 11.5. The average Bonchev–Trinajstić information content (AvgIpc) is 2.88. The molecule has 0 aliphatic heterocycles. The number of hydrogen-bond donors (Lipinski definition) is 0. The van der Waals surface area contributed by atoms with Crippen LogP contribution in [-0.2, 0) is 6.61 Å². The molecule has 0 aliphatic rings. The number of carbonyl (C=O) groups excluding carboxylic acids is 1. The standard InChI is InChI=1S/C16H14N2O2/c1-12(19)14-6-2-3-7-15(14)20-11-13-10-18-9-5-4-8-16(18)17-13/h2-10H,11H2,1H3. The second-order valence-corrected chi connectivity index (χ2v) is 4.54. The number of Topliss-reactive ketones (excluding diaryl/α,β-unsaturated/α-hetero) is 1. The highest BCUT2D eigenvalue weighted by molar-refractivity contribution is 5.96. The lowest BCUT2D eigenvalue weighted by molar-refractivity contribution is 0.101. The molecule has 0 spiro atoms. The molecule has 0 saturated heterocycles. The molecule has 0 atom stereocenters. The Labute approximate surface area is 116 Å². The molecule has 1 aromatic carbocycles. The van der Waals surface area contributed by atoms with E-state index in [1.807, 2.05) is 47.1 Å². The Morgan fingerprint density at radius 2 is 2.00 bits per heavy atom. The lowest BCUT2D eigenvalue weighted by Gasteiger charge is -2.07. The van der Waals surface area contributed by atoms with E-state index in [0.29, 0.717) is 17.9 Å². The molecule has 0 aliphatic carbocycles. The van der Waals surface area contributed by atoms with Crippen molar-refractivity contribution in [2.45, 2.75) is 13.5 Å². The van der Waals surface area contributed by atoms with E-state index in [9.17, 15) is 4.79 Å². The normalized spacial score (nSPS) is 10.7. The van der Waals surface area contributed by atoms with Crippen LogP contribution in [0.5, 0.6) is 5.75 Å². The van der Waals surface area contributed by atoms with Crippen LogP contribution < -0.4 is 4.74 Å². The third kappa shape index (κ3) is 2.40. The van der Waals surface area contributed by atoms with Crippen molar-refractivity contribution < 1.29 is 9.53 Å². The molecule has 3 rings (SSSR count). The van der Waals surface area contributed by atoms with Gasteiger partial charge in [0.2, 0.25) is 0 Å². The highest BCUT2D eigenvalue weighted by Crippen LogP contribution is 2.19. The largest absolute Gasteiger partial charge is 0.486 e. The lowest BCUT2D eigenvalue weighted by atomic mass is 10.1. The van der Waals surface area contributed by atoms with Crippen molar-refractivity contribution in [3.05, 3.63) is 66.1 Å². The zero-order chi connectivity index (χ0) is 13.9. The number of rotatable bonds is 4. The molecule has 0 saturated carbocycles. The van der Waals surface area contributed by atoms with E-state index in [0.717, 1.165) is 11.3 Å². The van der Waals surface area contributed by atoms with Crippen molar-refractivity contribution in [3.63, 3.8) is 0 Å². The summed E-state index contributed by atoms with van der Waals surface area (Å²) in [6.45, 7) is 1.87. The Hall–Kier alpha value is -2.62. The van der Waals surface area contributed by atoms with Crippen molar-refractivity contribution in [2.75, 3.05) is 0 Å². The van der Waals surface area contributed by atoms with Crippen LogP contribution in [0.4, 0.5) is 0 Å². The van der Waals surface area contributed by atoms with Gasteiger partial charge in [0.05, 0.1) is 11.3 Å². The third-order valence-electron chi connectivity index (χ3n) is 3.06. The number of nitrogens with zero attached hydrogens (tertiary/aromatic N) is 2. The van der Waals surface area contributed by atoms with Crippen molar-refractivity contribution in [1.29, 1.82) is 0 Å². The summed E-state index contributed by atoms with van der Waals surface area (Å²) in [5.74, 6) is 0.590. The molecule has 0 N–H and O–H groups in total. The van der Waals surface area contributed by atoms with Crippen LogP contribution in [-0.4, -0.2) is 15.2 Å². The van der Waals surface area contributed by atoms with Gasteiger partial charge in [-0.3, -0.25) is 4.79 Å². The van der Waals surface area contributed by atoms with Gasteiger partial charge in [-0.2, -0.15) is 0 Å². The van der Waals surface area contributed by atoms with Crippen LogP contribution >= 0.6 is 0 Å². The van der Waals surface area contributed by atoms with Crippen LogP contribution in [0.2, 0.25) is 0 Å². The van der Waals surface area contributed by atoms with Crippen molar-refractivity contribution in [2.24, 2.45) is 0 Å². The number of aromatic nitrogens is 2. The summed E-state index contributed by atoms with van der Waals surface area (Å²) in [7, 11) is 0. The number of benzene rings is 1. The molecule has 4 nitrogen and oxygen atoms in total. The number of hydrogen-bond acceptors (Lipinski definition) is 3. The van der Waals surface area contributed by atoms with Gasteiger partial charge in [0, 0.05) is 12.4 Å². The summed E-state index contributed by atoms with van der Waals surface area (Å²) in [5.41, 5.74) is 2.30. The van der Waals surface area contributed by atoms with E-state index < -0.39 is 0 Å². The van der Waals surface area contributed by atoms with E-state index in [1.165, 1.54) is 6.92 Å². The maximum Gasteiger partial charge on any atom is 0.163 e. The van der Waals surface area contributed by atoms with E-state index in [2.05, 4.69) is 4.98 Å². The molecular weight excluding hydrogens is 252 g/mol. The fourth-order valence-corrected chi connectivity index (χ4v) is 2.09. The molecule has 20 heavy (non-hydrogen) atoms. The molecule has 0 amide bonds. The molecule has 0 radical (unpaired) electrons. The van der Waals surface area contributed by atoms with Gasteiger partial charge in [-0.05, 0) is 31.2 Å². The van der Waals surface area contributed by atoms with Crippen LogP contribution in [0.15, 0.2) is 54.9 Å². The van der Waals surface area contributed by atoms with Gasteiger partial charge in [0.25, 0.3) is 0 Å². The van der Waals surface area contributed by atoms with Crippen LogP contribution in [0.1, 0.15) is 23.0 Å². The minimum atomic E-state index is -0.00407. The van der Waals surface area contributed by atoms with Gasteiger partial charge in [-0.25, -0.2) is 4.98 Å². The number of para-hydroxylation sites is 1. The summed E-state index contributed by atoms with van der Waals surface area (Å²) < 4.78 is 7.66. The Balaban J connectivity index is 1.81. The summed E-state index contributed by atoms with van der Waals surface area (Å²) in [5, 5.41) is 0. The number of imidazole rings is 1. The number of ether oxygens (including phenoxy) is 1. The van der Waals surface area contributed by atoms with Gasteiger partial charge < -0.3 is 9.14 Å². The predicted octanol–water partition coefficient (Wildman–Crippen LogP) is 3.12. The fourth-order valence-electron chi connectivity index (χ4n) is 2.09. The Bertz CT molecular complexity index is 729. The highest BCUT2D eigenvalue weighted by atomic mass is 16.5. The summed E-state index contributed by atoms with van der Waals surface area (Å²) in [6, 6.07) is 13.1. The van der Waals surface area contributed by atoms with Crippen molar-refractivity contribution in [1.82, 2.24) is 9.38 Å². The second kappa shape index (κ2) is 5.17. The molecule has 0 bridgehead atoms. The Kier molecular flexibility index (Phi) is 3.21. The number of fused-ring (bicyclic) bond motifs is 1. The van der Waals surface area contributed by atoms with Crippen LogP contribution in [0.3, 0.4) is 0 Å².